The van der Waals surface area contributed by atoms with Crippen LogP contribution in [-0.2, 0) is 33.3 Å². The second-order valence-corrected chi connectivity index (χ2v) is 6.48. The zero-order chi connectivity index (χ0) is 22.8. The van der Waals surface area contributed by atoms with Crippen LogP contribution in [0.5, 0.6) is 0 Å². The molecule has 168 valence electrons. The summed E-state index contributed by atoms with van der Waals surface area (Å²) in [5, 5.41) is 3.03. The van der Waals surface area contributed by atoms with Crippen LogP contribution in [0.3, 0.4) is 0 Å². The molecule has 1 N–H and O–H groups in total. The van der Waals surface area contributed by atoms with Gasteiger partial charge in [0.25, 0.3) is 0 Å². The molecule has 0 aliphatic carbocycles. The Hall–Kier alpha value is -3.20. The number of hydrogen-bond acceptors (Lipinski definition) is 9. The largest absolute Gasteiger partial charge is 0.466 e. The maximum Gasteiger partial charge on any atom is 0.336 e. The number of pyridine rings is 1. The monoisotopic (exact) mass is 432 g/mol. The molecule has 1 aliphatic heterocycles. The number of methoxy groups -OCH3 is 1. The Labute approximate surface area is 181 Å². The van der Waals surface area contributed by atoms with Crippen LogP contribution in [0, 0.1) is 0 Å². The van der Waals surface area contributed by atoms with Crippen molar-refractivity contribution >= 4 is 17.9 Å². The van der Waals surface area contributed by atoms with Gasteiger partial charge >= 0.3 is 17.9 Å². The lowest BCUT2D eigenvalue weighted by Gasteiger charge is -2.32. The van der Waals surface area contributed by atoms with E-state index in [1.54, 1.807) is 45.3 Å². The lowest BCUT2D eigenvalue weighted by Crippen LogP contribution is -2.36. The summed E-state index contributed by atoms with van der Waals surface area (Å²) in [7, 11) is 1.48. The minimum Gasteiger partial charge on any atom is -0.466 e. The van der Waals surface area contributed by atoms with Crippen LogP contribution in [0.2, 0.25) is 0 Å². The van der Waals surface area contributed by atoms with Gasteiger partial charge in [-0.1, -0.05) is 6.07 Å². The van der Waals surface area contributed by atoms with E-state index in [0.29, 0.717) is 11.3 Å². The third kappa shape index (κ3) is 5.91. The first kappa shape index (κ1) is 24.1. The Balaban J connectivity index is 2.73. The molecule has 1 atom stereocenters. The number of nitrogens with one attached hydrogen (secondary N) is 1. The van der Waals surface area contributed by atoms with Crippen molar-refractivity contribution in [3.63, 3.8) is 0 Å². The van der Waals surface area contributed by atoms with Crippen molar-refractivity contribution in [2.45, 2.75) is 33.1 Å². The highest BCUT2D eigenvalue weighted by Crippen LogP contribution is 2.40. The van der Waals surface area contributed by atoms with Crippen molar-refractivity contribution in [3.05, 3.63) is 52.6 Å². The molecule has 1 aromatic rings. The number of esters is 3. The SMILES string of the molecule is CCOC(=O)CC1=C(C(=O)OCC)C(c2cccnc2)C(C(=O)OCC)=C(COC)N1. The molecule has 0 aromatic carbocycles. The molecule has 0 fully saturated rings. The fraction of sp³-hybridized carbons (Fsp3) is 0.455. The average molecular weight is 432 g/mol. The van der Waals surface area contributed by atoms with Crippen LogP contribution in [-0.4, -0.2) is 56.4 Å². The third-order valence-electron chi connectivity index (χ3n) is 4.45. The number of carbonyl (C=O) groups excluding carboxylic acids is 3. The van der Waals surface area contributed by atoms with E-state index >= 15 is 0 Å². The zero-order valence-electron chi connectivity index (χ0n) is 18.2. The van der Waals surface area contributed by atoms with Gasteiger partial charge in [0.15, 0.2) is 0 Å². The summed E-state index contributed by atoms with van der Waals surface area (Å²) in [6.45, 7) is 5.57. The molecule has 0 spiro atoms. The van der Waals surface area contributed by atoms with E-state index in [0.717, 1.165) is 0 Å². The normalized spacial score (nSPS) is 15.9. The number of rotatable bonds is 10. The maximum atomic E-state index is 13.0. The Bertz CT molecular complexity index is 862. The maximum absolute atomic E-state index is 13.0. The quantitative estimate of drug-likeness (QED) is 0.438. The number of aromatic nitrogens is 1. The van der Waals surface area contributed by atoms with Crippen molar-refractivity contribution in [1.82, 2.24) is 10.3 Å². The van der Waals surface area contributed by atoms with Crippen LogP contribution in [0.25, 0.3) is 0 Å². The summed E-state index contributed by atoms with van der Waals surface area (Å²) < 4.78 is 20.9. The Kier molecular flexibility index (Phi) is 9.20. The first-order valence-electron chi connectivity index (χ1n) is 10.1. The van der Waals surface area contributed by atoms with E-state index in [2.05, 4.69) is 10.3 Å². The number of hydrogen-bond donors (Lipinski definition) is 1. The summed E-state index contributed by atoms with van der Waals surface area (Å²) in [6.07, 6.45) is 2.94. The molecular formula is C22H28N2O7. The summed E-state index contributed by atoms with van der Waals surface area (Å²) in [5.74, 6) is -2.63. The molecule has 2 heterocycles. The van der Waals surface area contributed by atoms with Gasteiger partial charge in [-0.3, -0.25) is 9.78 Å². The average Bonchev–Trinajstić information content (AvgIpc) is 2.74. The van der Waals surface area contributed by atoms with Crippen molar-refractivity contribution in [2.75, 3.05) is 33.5 Å². The first-order valence-corrected chi connectivity index (χ1v) is 10.1. The van der Waals surface area contributed by atoms with E-state index in [9.17, 15) is 14.4 Å². The van der Waals surface area contributed by atoms with Gasteiger partial charge in [-0.15, -0.1) is 0 Å². The molecule has 1 unspecified atom stereocenters. The Morgan fingerprint density at radius 2 is 1.58 bits per heavy atom. The van der Waals surface area contributed by atoms with Crippen LogP contribution in [0.4, 0.5) is 0 Å². The fourth-order valence-corrected chi connectivity index (χ4v) is 3.34. The van der Waals surface area contributed by atoms with Gasteiger partial charge in [-0.2, -0.15) is 0 Å². The fourth-order valence-electron chi connectivity index (χ4n) is 3.34. The lowest BCUT2D eigenvalue weighted by molar-refractivity contribution is -0.142. The zero-order valence-corrected chi connectivity index (χ0v) is 18.2. The second kappa shape index (κ2) is 11.8. The lowest BCUT2D eigenvalue weighted by atomic mass is 9.80. The predicted molar refractivity (Wildman–Crippen MR) is 111 cm³/mol. The Morgan fingerprint density at radius 1 is 0.968 bits per heavy atom. The molecule has 0 saturated heterocycles. The van der Waals surface area contributed by atoms with E-state index in [4.69, 9.17) is 18.9 Å². The highest BCUT2D eigenvalue weighted by molar-refractivity contribution is 6.00. The van der Waals surface area contributed by atoms with Gasteiger partial charge in [0.05, 0.1) is 55.6 Å². The van der Waals surface area contributed by atoms with Crippen molar-refractivity contribution in [1.29, 1.82) is 0 Å². The summed E-state index contributed by atoms with van der Waals surface area (Å²) >= 11 is 0. The van der Waals surface area contributed by atoms with Crippen molar-refractivity contribution in [3.8, 4) is 0 Å². The summed E-state index contributed by atoms with van der Waals surface area (Å²) in [6, 6.07) is 3.44. The molecule has 1 aliphatic rings. The minimum absolute atomic E-state index is 0.0351. The number of nitrogens with zero attached hydrogens (tertiary/aromatic N) is 1. The predicted octanol–water partition coefficient (Wildman–Crippen LogP) is 2.00. The molecule has 0 saturated carbocycles. The second-order valence-electron chi connectivity index (χ2n) is 6.48. The third-order valence-corrected chi connectivity index (χ3v) is 4.45. The van der Waals surface area contributed by atoms with Gasteiger partial charge in [-0.25, -0.2) is 9.59 Å². The smallest absolute Gasteiger partial charge is 0.336 e. The van der Waals surface area contributed by atoms with Gasteiger partial charge in [0, 0.05) is 25.2 Å². The van der Waals surface area contributed by atoms with Crippen LogP contribution >= 0.6 is 0 Å². The van der Waals surface area contributed by atoms with E-state index in [-0.39, 0.29) is 49.7 Å². The Morgan fingerprint density at radius 3 is 2.10 bits per heavy atom. The summed E-state index contributed by atoms with van der Waals surface area (Å²) in [4.78, 5) is 42.4. The van der Waals surface area contributed by atoms with E-state index in [1.807, 2.05) is 0 Å². The molecule has 9 nitrogen and oxygen atoms in total. The van der Waals surface area contributed by atoms with Crippen LogP contribution in [0.15, 0.2) is 47.1 Å². The van der Waals surface area contributed by atoms with Gasteiger partial charge in [0.2, 0.25) is 0 Å². The van der Waals surface area contributed by atoms with Crippen LogP contribution < -0.4 is 5.32 Å². The van der Waals surface area contributed by atoms with E-state index in [1.165, 1.54) is 7.11 Å². The number of ether oxygens (including phenoxy) is 4. The molecule has 31 heavy (non-hydrogen) atoms. The number of carbonyl (C=O) groups is 3. The molecule has 9 heteroatoms. The van der Waals surface area contributed by atoms with Gasteiger partial charge in [0.1, 0.15) is 0 Å². The molecule has 1 aromatic heterocycles. The highest BCUT2D eigenvalue weighted by atomic mass is 16.5. The van der Waals surface area contributed by atoms with Gasteiger partial charge < -0.3 is 24.3 Å². The first-order chi connectivity index (χ1) is 15.0. The molecule has 0 radical (unpaired) electrons. The summed E-state index contributed by atoms with van der Waals surface area (Å²) in [5.41, 5.74) is 1.58. The van der Waals surface area contributed by atoms with Crippen molar-refractivity contribution < 1.29 is 33.3 Å². The minimum atomic E-state index is -0.859. The van der Waals surface area contributed by atoms with Crippen LogP contribution in [0.1, 0.15) is 38.7 Å². The topological polar surface area (TPSA) is 113 Å². The molecule has 2 rings (SSSR count). The molecule has 0 amide bonds. The van der Waals surface area contributed by atoms with E-state index < -0.39 is 23.8 Å². The standard InChI is InChI=1S/C22H28N2O7/c1-5-29-17(25)11-15-19(21(26)30-6-2)18(14-9-8-10-23-12-14)20(22(27)31-7-3)16(24-15)13-28-4/h8-10,12,18,24H,5-7,11,13H2,1-4H3. The molecular weight excluding hydrogens is 404 g/mol. The molecule has 0 bridgehead atoms. The highest BCUT2D eigenvalue weighted by Gasteiger charge is 2.40. The van der Waals surface area contributed by atoms with Crippen molar-refractivity contribution in [2.24, 2.45) is 0 Å². The van der Waals surface area contributed by atoms with Gasteiger partial charge in [-0.05, 0) is 32.4 Å². The number of dihydropyridines is 1.